The number of likely N-dealkylation sites (tertiary alicyclic amines) is 1. The number of hydrogen-bond acceptors (Lipinski definition) is 4. The second-order valence-corrected chi connectivity index (χ2v) is 6.79. The summed E-state index contributed by atoms with van der Waals surface area (Å²) in [5.74, 6) is -0.294. The fourth-order valence-corrected chi connectivity index (χ4v) is 4.08. The Kier molecular flexibility index (Phi) is 4.43. The Balaban J connectivity index is 1.69. The van der Waals surface area contributed by atoms with E-state index in [4.69, 9.17) is 16.3 Å². The summed E-state index contributed by atoms with van der Waals surface area (Å²) in [6.45, 7) is 2.22. The van der Waals surface area contributed by atoms with Gasteiger partial charge in [-0.3, -0.25) is 9.59 Å². The summed E-state index contributed by atoms with van der Waals surface area (Å²) in [7, 11) is 0. The maximum absolute atomic E-state index is 14.1. The van der Waals surface area contributed by atoms with Crippen molar-refractivity contribution in [1.29, 1.82) is 0 Å². The lowest BCUT2D eigenvalue weighted by Crippen LogP contribution is -2.40. The minimum atomic E-state index is -0.474. The van der Waals surface area contributed by atoms with Gasteiger partial charge in [0.15, 0.2) is 5.78 Å². The maximum atomic E-state index is 14.1. The number of rotatable bonds is 2. The Bertz CT molecular complexity index is 639. The van der Waals surface area contributed by atoms with Gasteiger partial charge >= 0.3 is 0 Å². The molecule has 4 nitrogen and oxygen atoms in total. The van der Waals surface area contributed by atoms with E-state index >= 15 is 0 Å². The predicted octanol–water partition coefficient (Wildman–Crippen LogP) is 3.18. The Morgan fingerprint density at radius 1 is 1.55 bits per heavy atom. The van der Waals surface area contributed by atoms with Gasteiger partial charge in [-0.1, -0.05) is 29.4 Å². The van der Waals surface area contributed by atoms with E-state index in [9.17, 15) is 14.0 Å². The molecule has 3 rings (SSSR count). The molecule has 0 aliphatic carbocycles. The van der Waals surface area contributed by atoms with E-state index < -0.39 is 6.04 Å². The summed E-state index contributed by atoms with van der Waals surface area (Å²) in [4.78, 5) is 25.7. The minimum absolute atomic E-state index is 0.0591. The van der Waals surface area contributed by atoms with Crippen LogP contribution in [-0.4, -0.2) is 41.2 Å². The summed E-state index contributed by atoms with van der Waals surface area (Å²) in [5.41, 5.74) is 0.817. The van der Waals surface area contributed by atoms with E-state index in [0.717, 1.165) is 11.8 Å². The van der Waals surface area contributed by atoms with Crippen LogP contribution in [0.4, 0.5) is 9.18 Å². The van der Waals surface area contributed by atoms with Crippen LogP contribution < -0.4 is 0 Å². The van der Waals surface area contributed by atoms with E-state index in [2.05, 4.69) is 0 Å². The second kappa shape index (κ2) is 6.18. The largest absolute Gasteiger partial charge is 0.368 e. The molecule has 2 aliphatic rings. The molecule has 22 heavy (non-hydrogen) atoms. The molecule has 1 amide bonds. The lowest BCUT2D eigenvalue weighted by Gasteiger charge is -2.21. The van der Waals surface area contributed by atoms with Gasteiger partial charge in [0.1, 0.15) is 18.5 Å². The van der Waals surface area contributed by atoms with Crippen molar-refractivity contribution in [2.24, 2.45) is 0 Å². The standard InChI is InChI=1S/C15H15ClFNO3S/c1-8-2-3-10(16)9(13(8)17)7-22-15(20)18-5-4-12-14(18)11(19)6-21-12/h2-3,12,14H,4-7H2,1H3/t12-,14-/m1/s1. The third kappa shape index (κ3) is 2.75. The van der Waals surface area contributed by atoms with Crippen LogP contribution in [0.2, 0.25) is 5.02 Å². The van der Waals surface area contributed by atoms with E-state index in [1.54, 1.807) is 19.1 Å². The number of carbonyl (C=O) groups excluding carboxylic acids is 2. The van der Waals surface area contributed by atoms with Crippen LogP contribution in [0.15, 0.2) is 12.1 Å². The van der Waals surface area contributed by atoms with Gasteiger partial charge in [-0.05, 0) is 25.0 Å². The van der Waals surface area contributed by atoms with Gasteiger partial charge in [0, 0.05) is 22.9 Å². The first-order chi connectivity index (χ1) is 10.5. The van der Waals surface area contributed by atoms with Gasteiger partial charge in [-0.2, -0.15) is 0 Å². The van der Waals surface area contributed by atoms with E-state index in [1.165, 1.54) is 4.90 Å². The molecule has 0 N–H and O–H groups in total. The Labute approximate surface area is 136 Å². The monoisotopic (exact) mass is 343 g/mol. The van der Waals surface area contributed by atoms with Crippen molar-refractivity contribution in [3.05, 3.63) is 34.1 Å². The van der Waals surface area contributed by atoms with Crippen molar-refractivity contribution >= 4 is 34.4 Å². The van der Waals surface area contributed by atoms with Crippen LogP contribution in [0.1, 0.15) is 17.5 Å². The topological polar surface area (TPSA) is 46.6 Å². The molecule has 1 aromatic rings. The number of Topliss-reactive ketones (excluding diaryl/α,β-unsaturated/α-hetero) is 1. The molecule has 2 heterocycles. The van der Waals surface area contributed by atoms with Crippen molar-refractivity contribution in [2.45, 2.75) is 31.2 Å². The van der Waals surface area contributed by atoms with Gasteiger partial charge in [0.25, 0.3) is 5.24 Å². The van der Waals surface area contributed by atoms with Crippen LogP contribution in [0, 0.1) is 12.7 Å². The second-order valence-electron chi connectivity index (χ2n) is 5.45. The fraction of sp³-hybridized carbons (Fsp3) is 0.467. The first-order valence-electron chi connectivity index (χ1n) is 7.00. The van der Waals surface area contributed by atoms with Crippen LogP contribution in [-0.2, 0) is 15.3 Å². The Morgan fingerprint density at radius 3 is 3.09 bits per heavy atom. The zero-order valence-corrected chi connectivity index (χ0v) is 13.5. The molecule has 0 unspecified atom stereocenters. The number of aryl methyl sites for hydroxylation is 1. The lowest BCUT2D eigenvalue weighted by atomic mass is 10.1. The normalized spacial score (nSPS) is 24.0. The quantitative estimate of drug-likeness (QED) is 0.827. The zero-order chi connectivity index (χ0) is 15.9. The number of amides is 1. The van der Waals surface area contributed by atoms with Crippen molar-refractivity contribution in [3.8, 4) is 0 Å². The maximum Gasteiger partial charge on any atom is 0.282 e. The molecule has 118 valence electrons. The Morgan fingerprint density at radius 2 is 2.32 bits per heavy atom. The number of nitrogens with zero attached hydrogens (tertiary/aromatic N) is 1. The summed E-state index contributed by atoms with van der Waals surface area (Å²) in [6, 6.07) is 2.76. The van der Waals surface area contributed by atoms with Crippen molar-refractivity contribution in [1.82, 2.24) is 4.90 Å². The molecule has 2 aliphatic heterocycles. The van der Waals surface area contributed by atoms with Gasteiger partial charge < -0.3 is 9.64 Å². The molecule has 0 spiro atoms. The molecular weight excluding hydrogens is 329 g/mol. The SMILES string of the molecule is Cc1ccc(Cl)c(CSC(=O)N2CC[C@H]3OCC(=O)[C@H]32)c1F. The molecule has 0 radical (unpaired) electrons. The van der Waals surface area contributed by atoms with Gasteiger partial charge in [0.05, 0.1) is 6.10 Å². The van der Waals surface area contributed by atoms with Crippen LogP contribution in [0.3, 0.4) is 0 Å². The molecular formula is C15H15ClFNO3S. The van der Waals surface area contributed by atoms with E-state index in [0.29, 0.717) is 29.1 Å². The van der Waals surface area contributed by atoms with Crippen molar-refractivity contribution in [3.63, 3.8) is 0 Å². The zero-order valence-electron chi connectivity index (χ0n) is 12.0. The first kappa shape index (κ1) is 15.8. The third-order valence-electron chi connectivity index (χ3n) is 4.07. The third-order valence-corrected chi connectivity index (χ3v) is 5.33. The van der Waals surface area contributed by atoms with Crippen molar-refractivity contribution < 1.29 is 18.7 Å². The van der Waals surface area contributed by atoms with Gasteiger partial charge in [-0.25, -0.2) is 4.39 Å². The van der Waals surface area contributed by atoms with Crippen LogP contribution in [0.25, 0.3) is 0 Å². The molecule has 1 aromatic carbocycles. The van der Waals surface area contributed by atoms with E-state index in [-0.39, 0.29) is 35.3 Å². The summed E-state index contributed by atoms with van der Waals surface area (Å²) >= 11 is 6.97. The Hall–Kier alpha value is -1.11. The first-order valence-corrected chi connectivity index (χ1v) is 8.36. The highest BCUT2D eigenvalue weighted by atomic mass is 35.5. The number of thioether (sulfide) groups is 1. The lowest BCUT2D eigenvalue weighted by molar-refractivity contribution is -0.120. The van der Waals surface area contributed by atoms with Crippen LogP contribution in [0.5, 0.6) is 0 Å². The molecule has 0 saturated carbocycles. The van der Waals surface area contributed by atoms with Gasteiger partial charge in [-0.15, -0.1) is 0 Å². The summed E-state index contributed by atoms with van der Waals surface area (Å²) in [5, 5.41) is 0.0753. The smallest absolute Gasteiger partial charge is 0.282 e. The highest BCUT2D eigenvalue weighted by molar-refractivity contribution is 8.12. The molecule has 2 atom stereocenters. The number of ether oxygens (including phenoxy) is 1. The average molecular weight is 344 g/mol. The average Bonchev–Trinajstić information content (AvgIpc) is 3.06. The summed E-state index contributed by atoms with van der Waals surface area (Å²) in [6.07, 6.45) is 0.485. The highest BCUT2D eigenvalue weighted by Gasteiger charge is 2.46. The number of benzene rings is 1. The molecule has 0 bridgehead atoms. The van der Waals surface area contributed by atoms with E-state index in [1.807, 2.05) is 0 Å². The molecule has 2 saturated heterocycles. The molecule has 7 heteroatoms. The number of hydrogen-bond donors (Lipinski definition) is 0. The van der Waals surface area contributed by atoms with Crippen molar-refractivity contribution in [2.75, 3.05) is 13.2 Å². The predicted molar refractivity (Wildman–Crippen MR) is 82.7 cm³/mol. The molecule has 2 fully saturated rings. The number of ketones is 1. The van der Waals surface area contributed by atoms with Gasteiger partial charge in [0.2, 0.25) is 0 Å². The number of halogens is 2. The number of carbonyl (C=O) groups is 2. The highest BCUT2D eigenvalue weighted by Crippen LogP contribution is 2.32. The number of fused-ring (bicyclic) bond motifs is 1. The molecule has 0 aromatic heterocycles. The fourth-order valence-electron chi connectivity index (χ4n) is 2.86. The van der Waals surface area contributed by atoms with Crippen LogP contribution >= 0.6 is 23.4 Å². The summed E-state index contributed by atoms with van der Waals surface area (Å²) < 4.78 is 19.4. The minimum Gasteiger partial charge on any atom is -0.368 e.